The zero-order valence-corrected chi connectivity index (χ0v) is 13.8. The van der Waals surface area contributed by atoms with Gasteiger partial charge in [-0.15, -0.1) is 0 Å². The topological polar surface area (TPSA) is 52.8 Å². The summed E-state index contributed by atoms with van der Waals surface area (Å²) < 4.78 is 5.33. The van der Waals surface area contributed by atoms with E-state index in [1.54, 1.807) is 6.92 Å². The van der Waals surface area contributed by atoms with Gasteiger partial charge in [-0.3, -0.25) is 14.6 Å². The molecule has 1 aromatic heterocycles. The highest BCUT2D eigenvalue weighted by molar-refractivity contribution is 5.73. The fourth-order valence-electron chi connectivity index (χ4n) is 3.73. The number of hydrogen-bond acceptors (Lipinski definition) is 5. The second-order valence-electron chi connectivity index (χ2n) is 6.72. The van der Waals surface area contributed by atoms with E-state index in [2.05, 4.69) is 21.9 Å². The van der Waals surface area contributed by atoms with Crippen LogP contribution in [0.3, 0.4) is 0 Å². The first-order valence-corrected chi connectivity index (χ1v) is 8.17. The van der Waals surface area contributed by atoms with Crippen molar-refractivity contribution in [1.29, 1.82) is 0 Å². The molecule has 0 unspecified atom stereocenters. The van der Waals surface area contributed by atoms with E-state index in [-0.39, 0.29) is 5.91 Å². The van der Waals surface area contributed by atoms with Crippen molar-refractivity contribution in [3.8, 4) is 0 Å². The third-order valence-electron chi connectivity index (χ3n) is 4.93. The lowest BCUT2D eigenvalue weighted by Gasteiger charge is -2.39. The van der Waals surface area contributed by atoms with Crippen LogP contribution in [-0.2, 0) is 11.3 Å². The number of amides is 1. The number of aromatic nitrogens is 1. The standard InChI is InChI=1S/C16H26N4O2/c1-12-9-18(10-15-8-13(2)17-22-15)11-16(12)20-6-4-19(5-7-20)14(3)21/h8,12,16H,4-7,9-11H2,1-3H3/t12-,16-/m0/s1. The fraction of sp³-hybridized carbons (Fsp3) is 0.750. The molecule has 6 heteroatoms. The maximum Gasteiger partial charge on any atom is 0.219 e. The quantitative estimate of drug-likeness (QED) is 0.833. The molecule has 0 radical (unpaired) electrons. The van der Waals surface area contributed by atoms with Gasteiger partial charge in [0.1, 0.15) is 0 Å². The Morgan fingerprint density at radius 3 is 2.64 bits per heavy atom. The molecule has 0 bridgehead atoms. The fourth-order valence-corrected chi connectivity index (χ4v) is 3.73. The molecule has 22 heavy (non-hydrogen) atoms. The molecule has 3 heterocycles. The molecule has 0 saturated carbocycles. The van der Waals surface area contributed by atoms with E-state index in [1.165, 1.54) is 0 Å². The minimum Gasteiger partial charge on any atom is -0.360 e. The van der Waals surface area contributed by atoms with Crippen LogP contribution in [0.2, 0.25) is 0 Å². The number of piperazine rings is 1. The largest absolute Gasteiger partial charge is 0.360 e. The van der Waals surface area contributed by atoms with Crippen LogP contribution in [0.25, 0.3) is 0 Å². The lowest BCUT2D eigenvalue weighted by molar-refractivity contribution is -0.130. The van der Waals surface area contributed by atoms with Crippen LogP contribution < -0.4 is 0 Å². The van der Waals surface area contributed by atoms with E-state index in [0.717, 1.165) is 57.3 Å². The zero-order valence-electron chi connectivity index (χ0n) is 13.8. The summed E-state index contributed by atoms with van der Waals surface area (Å²) in [6.07, 6.45) is 0. The Morgan fingerprint density at radius 1 is 1.32 bits per heavy atom. The van der Waals surface area contributed by atoms with Crippen molar-refractivity contribution in [3.63, 3.8) is 0 Å². The van der Waals surface area contributed by atoms with Crippen LogP contribution in [0, 0.1) is 12.8 Å². The molecule has 0 N–H and O–H groups in total. The van der Waals surface area contributed by atoms with Crippen molar-refractivity contribution in [3.05, 3.63) is 17.5 Å². The number of aryl methyl sites for hydroxylation is 1. The van der Waals surface area contributed by atoms with Gasteiger partial charge in [0.05, 0.1) is 12.2 Å². The summed E-state index contributed by atoms with van der Waals surface area (Å²) in [5, 5.41) is 3.96. The van der Waals surface area contributed by atoms with Crippen molar-refractivity contribution in [2.75, 3.05) is 39.3 Å². The molecule has 2 atom stereocenters. The molecular formula is C16H26N4O2. The Balaban J connectivity index is 1.54. The van der Waals surface area contributed by atoms with Gasteiger partial charge in [-0.05, 0) is 12.8 Å². The highest BCUT2D eigenvalue weighted by Gasteiger charge is 2.35. The molecule has 0 spiro atoms. The first-order chi connectivity index (χ1) is 10.5. The van der Waals surface area contributed by atoms with Crippen molar-refractivity contribution in [2.45, 2.75) is 33.4 Å². The van der Waals surface area contributed by atoms with E-state index in [0.29, 0.717) is 12.0 Å². The highest BCUT2D eigenvalue weighted by atomic mass is 16.5. The summed E-state index contributed by atoms with van der Waals surface area (Å²) >= 11 is 0. The van der Waals surface area contributed by atoms with Crippen LogP contribution in [-0.4, -0.2) is 71.1 Å². The lowest BCUT2D eigenvalue weighted by Crippen LogP contribution is -2.53. The summed E-state index contributed by atoms with van der Waals surface area (Å²) in [6.45, 7) is 12.7. The molecule has 1 aromatic rings. The predicted octanol–water partition coefficient (Wildman–Crippen LogP) is 0.967. The number of rotatable bonds is 3. The first-order valence-electron chi connectivity index (χ1n) is 8.17. The predicted molar refractivity (Wildman–Crippen MR) is 83.3 cm³/mol. The second kappa shape index (κ2) is 6.38. The average Bonchev–Trinajstić information content (AvgIpc) is 3.05. The number of carbonyl (C=O) groups is 1. The van der Waals surface area contributed by atoms with Crippen molar-refractivity contribution < 1.29 is 9.32 Å². The van der Waals surface area contributed by atoms with Gasteiger partial charge in [0.2, 0.25) is 5.91 Å². The summed E-state index contributed by atoms with van der Waals surface area (Å²) in [5.74, 6) is 1.79. The summed E-state index contributed by atoms with van der Waals surface area (Å²) in [5.41, 5.74) is 0.944. The van der Waals surface area contributed by atoms with Crippen LogP contribution in [0.5, 0.6) is 0 Å². The molecule has 2 aliphatic heterocycles. The molecule has 0 aliphatic carbocycles. The molecule has 2 aliphatic rings. The Morgan fingerprint density at radius 2 is 2.05 bits per heavy atom. The van der Waals surface area contributed by atoms with Gasteiger partial charge >= 0.3 is 0 Å². The molecule has 3 rings (SSSR count). The van der Waals surface area contributed by atoms with Gasteiger partial charge in [0.15, 0.2) is 5.76 Å². The van der Waals surface area contributed by atoms with Crippen molar-refractivity contribution in [1.82, 2.24) is 19.9 Å². The van der Waals surface area contributed by atoms with E-state index in [1.807, 2.05) is 17.9 Å². The van der Waals surface area contributed by atoms with Gasteiger partial charge in [-0.2, -0.15) is 0 Å². The third kappa shape index (κ3) is 3.33. The smallest absolute Gasteiger partial charge is 0.219 e. The zero-order chi connectivity index (χ0) is 15.7. The van der Waals surface area contributed by atoms with Crippen LogP contribution in [0.15, 0.2) is 10.6 Å². The van der Waals surface area contributed by atoms with E-state index in [9.17, 15) is 4.79 Å². The Kier molecular flexibility index (Phi) is 4.49. The van der Waals surface area contributed by atoms with Gasteiger partial charge < -0.3 is 9.42 Å². The highest BCUT2D eigenvalue weighted by Crippen LogP contribution is 2.24. The molecule has 6 nitrogen and oxygen atoms in total. The van der Waals surface area contributed by atoms with E-state index < -0.39 is 0 Å². The van der Waals surface area contributed by atoms with E-state index in [4.69, 9.17) is 4.52 Å². The number of carbonyl (C=O) groups excluding carboxylic acids is 1. The van der Waals surface area contributed by atoms with Crippen LogP contribution >= 0.6 is 0 Å². The first kappa shape index (κ1) is 15.5. The van der Waals surface area contributed by atoms with Crippen LogP contribution in [0.4, 0.5) is 0 Å². The van der Waals surface area contributed by atoms with E-state index >= 15 is 0 Å². The average molecular weight is 306 g/mol. The minimum atomic E-state index is 0.196. The van der Waals surface area contributed by atoms with Gasteiger partial charge in [-0.1, -0.05) is 12.1 Å². The maximum absolute atomic E-state index is 11.4. The number of nitrogens with zero attached hydrogens (tertiary/aromatic N) is 4. The Hall–Kier alpha value is -1.40. The van der Waals surface area contributed by atoms with Gasteiger partial charge in [0.25, 0.3) is 0 Å². The summed E-state index contributed by atoms with van der Waals surface area (Å²) in [4.78, 5) is 18.4. The normalized spacial score (nSPS) is 27.5. The van der Waals surface area contributed by atoms with Crippen molar-refractivity contribution in [2.24, 2.45) is 5.92 Å². The summed E-state index contributed by atoms with van der Waals surface area (Å²) in [7, 11) is 0. The molecular weight excluding hydrogens is 280 g/mol. The molecule has 2 saturated heterocycles. The molecule has 1 amide bonds. The Bertz CT molecular complexity index is 522. The van der Waals surface area contributed by atoms with Crippen LogP contribution in [0.1, 0.15) is 25.3 Å². The second-order valence-corrected chi connectivity index (χ2v) is 6.72. The Labute approximate surface area is 132 Å². The molecule has 0 aromatic carbocycles. The van der Waals surface area contributed by atoms with Gasteiger partial charge in [-0.25, -0.2) is 0 Å². The SMILES string of the molecule is CC(=O)N1CCN([C@H]2CN(Cc3cc(C)no3)C[C@@H]2C)CC1. The van der Waals surface area contributed by atoms with Gasteiger partial charge in [0, 0.05) is 58.3 Å². The molecule has 2 fully saturated rings. The number of hydrogen-bond donors (Lipinski definition) is 0. The lowest BCUT2D eigenvalue weighted by atomic mass is 10.0. The summed E-state index contributed by atoms with van der Waals surface area (Å²) in [6, 6.07) is 2.60. The molecule has 122 valence electrons. The third-order valence-corrected chi connectivity index (χ3v) is 4.93. The number of likely N-dealkylation sites (tertiary alicyclic amines) is 1. The maximum atomic E-state index is 11.4. The van der Waals surface area contributed by atoms with Crippen molar-refractivity contribution >= 4 is 5.91 Å². The minimum absolute atomic E-state index is 0.196. The monoisotopic (exact) mass is 306 g/mol.